The standard InChI is InChI=1S/C29H50O/c1-12-22(8)23(9)27-24(10)26(14-13-19(2)3)28(30)29(25(27)11,17-15-20(4)5)18-16-21(6)7/h19-22H,9,12-18H2,1-8,10-11H3. The van der Waals surface area contributed by atoms with Gasteiger partial charge in [0.15, 0.2) is 5.78 Å². The molecule has 30 heavy (non-hydrogen) atoms. The van der Waals surface area contributed by atoms with Gasteiger partial charge in [0, 0.05) is 0 Å². The Labute approximate surface area is 188 Å². The van der Waals surface area contributed by atoms with Gasteiger partial charge in [-0.15, -0.1) is 0 Å². The molecule has 0 heterocycles. The summed E-state index contributed by atoms with van der Waals surface area (Å²) in [5.74, 6) is 2.69. The van der Waals surface area contributed by atoms with Gasteiger partial charge in [-0.25, -0.2) is 0 Å². The fourth-order valence-electron chi connectivity index (χ4n) is 4.81. The van der Waals surface area contributed by atoms with Crippen molar-refractivity contribution in [3.8, 4) is 0 Å². The number of Topliss-reactive ketones (excluding diaryl/α,β-unsaturated/α-hetero) is 1. The van der Waals surface area contributed by atoms with E-state index in [4.69, 9.17) is 0 Å². The molecule has 0 aromatic heterocycles. The number of rotatable bonds is 12. The minimum absolute atomic E-state index is 0.341. The Kier molecular flexibility index (Phi) is 10.3. The van der Waals surface area contributed by atoms with Gasteiger partial charge in [0.25, 0.3) is 0 Å². The summed E-state index contributed by atoms with van der Waals surface area (Å²) in [7, 11) is 0. The van der Waals surface area contributed by atoms with Gasteiger partial charge < -0.3 is 0 Å². The van der Waals surface area contributed by atoms with E-state index in [1.165, 1.54) is 22.3 Å². The number of hydrogen-bond donors (Lipinski definition) is 0. The third-order valence-corrected chi connectivity index (χ3v) is 7.43. The molecule has 1 aliphatic rings. The van der Waals surface area contributed by atoms with Crippen molar-refractivity contribution in [2.75, 3.05) is 0 Å². The predicted molar refractivity (Wildman–Crippen MR) is 134 cm³/mol. The maximum Gasteiger partial charge on any atom is 0.169 e. The predicted octanol–water partition coefficient (Wildman–Crippen LogP) is 9.10. The fourth-order valence-corrected chi connectivity index (χ4v) is 4.81. The molecule has 0 aromatic carbocycles. The molecule has 0 saturated carbocycles. The first-order chi connectivity index (χ1) is 13.9. The molecule has 0 amide bonds. The molecule has 1 aliphatic carbocycles. The molecule has 1 unspecified atom stereocenters. The third-order valence-electron chi connectivity index (χ3n) is 7.43. The Morgan fingerprint density at radius 1 is 0.867 bits per heavy atom. The molecule has 172 valence electrons. The molecule has 0 N–H and O–H groups in total. The van der Waals surface area contributed by atoms with E-state index in [2.05, 4.69) is 75.8 Å². The van der Waals surface area contributed by atoms with Crippen molar-refractivity contribution in [2.24, 2.45) is 29.1 Å². The van der Waals surface area contributed by atoms with Crippen molar-refractivity contribution in [2.45, 2.75) is 114 Å². The number of ketones is 1. The van der Waals surface area contributed by atoms with Crippen LogP contribution in [0.4, 0.5) is 0 Å². The van der Waals surface area contributed by atoms with E-state index in [9.17, 15) is 4.79 Å². The lowest BCUT2D eigenvalue weighted by Crippen LogP contribution is -2.39. The van der Waals surface area contributed by atoms with Crippen LogP contribution in [0.3, 0.4) is 0 Å². The normalized spacial score (nSPS) is 18.2. The first kappa shape index (κ1) is 26.9. The molecular formula is C29H50O. The maximum absolute atomic E-state index is 14.2. The van der Waals surface area contributed by atoms with Crippen LogP contribution in [-0.4, -0.2) is 5.78 Å². The van der Waals surface area contributed by atoms with Crippen LogP contribution in [-0.2, 0) is 4.79 Å². The van der Waals surface area contributed by atoms with Crippen LogP contribution >= 0.6 is 0 Å². The zero-order valence-corrected chi connectivity index (χ0v) is 21.9. The molecule has 0 spiro atoms. The molecule has 0 bridgehead atoms. The van der Waals surface area contributed by atoms with Crippen LogP contribution < -0.4 is 0 Å². The second-order valence-corrected chi connectivity index (χ2v) is 11.1. The monoisotopic (exact) mass is 414 g/mol. The molecule has 0 fully saturated rings. The highest BCUT2D eigenvalue weighted by molar-refractivity contribution is 6.05. The van der Waals surface area contributed by atoms with Crippen LogP contribution in [0.2, 0.25) is 0 Å². The van der Waals surface area contributed by atoms with Crippen molar-refractivity contribution < 1.29 is 4.79 Å². The van der Waals surface area contributed by atoms with Crippen LogP contribution in [0, 0.1) is 29.1 Å². The number of hydrogen-bond acceptors (Lipinski definition) is 1. The van der Waals surface area contributed by atoms with Crippen molar-refractivity contribution in [3.05, 3.63) is 34.4 Å². The Hall–Kier alpha value is -1.11. The van der Waals surface area contributed by atoms with Gasteiger partial charge in [-0.2, -0.15) is 0 Å². The lowest BCUT2D eigenvalue weighted by atomic mass is 9.60. The molecule has 1 rings (SSSR count). The van der Waals surface area contributed by atoms with E-state index in [0.29, 0.717) is 29.5 Å². The van der Waals surface area contributed by atoms with E-state index in [0.717, 1.165) is 50.5 Å². The molecule has 1 heteroatoms. The fraction of sp³-hybridized carbons (Fsp3) is 0.759. The molecule has 0 saturated heterocycles. The van der Waals surface area contributed by atoms with Gasteiger partial charge in [0.1, 0.15) is 0 Å². The number of carbonyl (C=O) groups excluding carboxylic acids is 1. The maximum atomic E-state index is 14.2. The van der Waals surface area contributed by atoms with Gasteiger partial charge >= 0.3 is 0 Å². The van der Waals surface area contributed by atoms with Crippen molar-refractivity contribution in [1.82, 2.24) is 0 Å². The zero-order valence-electron chi connectivity index (χ0n) is 21.9. The smallest absolute Gasteiger partial charge is 0.169 e. The van der Waals surface area contributed by atoms with Crippen LogP contribution in [0.25, 0.3) is 0 Å². The average molecular weight is 415 g/mol. The van der Waals surface area contributed by atoms with Crippen LogP contribution in [0.5, 0.6) is 0 Å². The summed E-state index contributed by atoms with van der Waals surface area (Å²) in [6.45, 7) is 27.2. The Morgan fingerprint density at radius 2 is 1.33 bits per heavy atom. The second-order valence-electron chi connectivity index (χ2n) is 11.1. The Morgan fingerprint density at radius 3 is 1.73 bits per heavy atom. The molecule has 0 aromatic rings. The zero-order chi connectivity index (χ0) is 23.2. The topological polar surface area (TPSA) is 17.1 Å². The van der Waals surface area contributed by atoms with Gasteiger partial charge in [-0.05, 0) is 105 Å². The average Bonchev–Trinajstić information content (AvgIpc) is 2.66. The second kappa shape index (κ2) is 11.5. The molecular weight excluding hydrogens is 364 g/mol. The summed E-state index contributed by atoms with van der Waals surface area (Å²) in [6, 6.07) is 0. The van der Waals surface area contributed by atoms with E-state index in [1.807, 2.05) is 0 Å². The summed E-state index contributed by atoms with van der Waals surface area (Å²) in [5, 5.41) is 0. The largest absolute Gasteiger partial charge is 0.294 e. The summed E-state index contributed by atoms with van der Waals surface area (Å²) in [4.78, 5) is 14.2. The van der Waals surface area contributed by atoms with Gasteiger partial charge in [-0.1, -0.05) is 67.5 Å². The highest BCUT2D eigenvalue weighted by atomic mass is 16.1. The Balaban J connectivity index is 3.67. The van der Waals surface area contributed by atoms with Crippen molar-refractivity contribution >= 4 is 5.78 Å². The van der Waals surface area contributed by atoms with Crippen LogP contribution in [0.15, 0.2) is 34.4 Å². The van der Waals surface area contributed by atoms with Gasteiger partial charge in [-0.3, -0.25) is 4.79 Å². The Bertz CT molecular complexity index is 656. The SMILES string of the molecule is C=C(C1=C(C)C(CCC(C)C)(CCC(C)C)C(=O)C(CCC(C)C)=C1C)C(C)CC. The summed E-state index contributed by atoms with van der Waals surface area (Å²) in [5.41, 5.74) is 5.85. The summed E-state index contributed by atoms with van der Waals surface area (Å²) >= 11 is 0. The number of carbonyl (C=O) groups is 1. The van der Waals surface area contributed by atoms with E-state index in [1.54, 1.807) is 0 Å². The minimum Gasteiger partial charge on any atom is -0.294 e. The molecule has 1 nitrogen and oxygen atoms in total. The van der Waals surface area contributed by atoms with Gasteiger partial charge in [0.2, 0.25) is 0 Å². The summed E-state index contributed by atoms with van der Waals surface area (Å²) < 4.78 is 0. The molecule has 0 aliphatic heterocycles. The third kappa shape index (κ3) is 6.21. The lowest BCUT2D eigenvalue weighted by molar-refractivity contribution is -0.124. The van der Waals surface area contributed by atoms with E-state index < -0.39 is 0 Å². The quantitative estimate of drug-likeness (QED) is 0.311. The highest BCUT2D eigenvalue weighted by Crippen LogP contribution is 2.51. The number of allylic oxidation sites excluding steroid dienone is 5. The minimum atomic E-state index is -0.341. The van der Waals surface area contributed by atoms with Crippen molar-refractivity contribution in [3.63, 3.8) is 0 Å². The highest BCUT2D eigenvalue weighted by Gasteiger charge is 2.45. The van der Waals surface area contributed by atoms with E-state index >= 15 is 0 Å². The first-order valence-electron chi connectivity index (χ1n) is 12.5. The summed E-state index contributed by atoms with van der Waals surface area (Å²) in [6.07, 6.45) is 7.20. The lowest BCUT2D eigenvalue weighted by Gasteiger charge is -2.42. The molecule has 0 radical (unpaired) electrons. The van der Waals surface area contributed by atoms with Crippen molar-refractivity contribution in [1.29, 1.82) is 0 Å². The van der Waals surface area contributed by atoms with E-state index in [-0.39, 0.29) is 5.41 Å². The van der Waals surface area contributed by atoms with Crippen LogP contribution in [0.1, 0.15) is 114 Å². The van der Waals surface area contributed by atoms with Gasteiger partial charge in [0.05, 0.1) is 5.41 Å². The first-order valence-corrected chi connectivity index (χ1v) is 12.5. The molecule has 1 atom stereocenters.